The molecular formula is C21H19NO6S2. The Kier molecular flexibility index (Phi) is 7.07. The van der Waals surface area contributed by atoms with Crippen LogP contribution in [0.5, 0.6) is 0 Å². The minimum Gasteiger partial charge on any atom is -0.480 e. The molecule has 1 saturated heterocycles. The molecule has 0 spiro atoms. The number of amides is 1. The van der Waals surface area contributed by atoms with Crippen molar-refractivity contribution in [1.82, 2.24) is 4.90 Å². The molecule has 3 rings (SSSR count). The van der Waals surface area contributed by atoms with Gasteiger partial charge in [0, 0.05) is 11.6 Å². The highest BCUT2D eigenvalue weighted by Gasteiger charge is 2.33. The van der Waals surface area contributed by atoms with Crippen LogP contribution in [-0.4, -0.2) is 45.3 Å². The van der Waals surface area contributed by atoms with Gasteiger partial charge in [-0.2, -0.15) is 0 Å². The van der Waals surface area contributed by atoms with Gasteiger partial charge in [-0.25, -0.2) is 4.79 Å². The highest BCUT2D eigenvalue weighted by Crippen LogP contribution is 2.33. The predicted octanol–water partition coefficient (Wildman–Crippen LogP) is 4.19. The monoisotopic (exact) mass is 445 g/mol. The van der Waals surface area contributed by atoms with Gasteiger partial charge in [0.05, 0.1) is 17.1 Å². The molecule has 30 heavy (non-hydrogen) atoms. The van der Waals surface area contributed by atoms with E-state index in [1.54, 1.807) is 36.4 Å². The van der Waals surface area contributed by atoms with Crippen molar-refractivity contribution in [2.45, 2.75) is 19.8 Å². The van der Waals surface area contributed by atoms with Crippen LogP contribution < -0.4 is 0 Å². The van der Waals surface area contributed by atoms with Gasteiger partial charge in [-0.1, -0.05) is 49.5 Å². The molecule has 2 aromatic rings. The van der Waals surface area contributed by atoms with E-state index in [9.17, 15) is 14.4 Å². The van der Waals surface area contributed by atoms with Crippen molar-refractivity contribution < 1.29 is 28.6 Å². The first kappa shape index (κ1) is 21.8. The molecule has 1 aromatic carbocycles. The average Bonchev–Trinajstić information content (AvgIpc) is 3.28. The van der Waals surface area contributed by atoms with Crippen molar-refractivity contribution in [2.24, 2.45) is 0 Å². The Bertz CT molecular complexity index is 1010. The Morgan fingerprint density at radius 2 is 1.97 bits per heavy atom. The van der Waals surface area contributed by atoms with Gasteiger partial charge < -0.3 is 14.3 Å². The molecule has 0 atom stereocenters. The van der Waals surface area contributed by atoms with Crippen LogP contribution in [0, 0.1) is 0 Å². The Morgan fingerprint density at radius 1 is 1.23 bits per heavy atom. The first-order valence-electron chi connectivity index (χ1n) is 9.23. The van der Waals surface area contributed by atoms with Gasteiger partial charge in [-0.05, 0) is 30.7 Å². The summed E-state index contributed by atoms with van der Waals surface area (Å²) in [6, 6.07) is 10.3. The fourth-order valence-electron chi connectivity index (χ4n) is 2.65. The lowest BCUT2D eigenvalue weighted by Gasteiger charge is -2.09. The number of thioether (sulfide) groups is 1. The number of carbonyl (C=O) groups excluding carboxylic acids is 2. The molecule has 9 heteroatoms. The molecule has 1 fully saturated rings. The number of thiocarbonyl (C=S) groups is 1. The van der Waals surface area contributed by atoms with Crippen LogP contribution in [0.3, 0.4) is 0 Å². The summed E-state index contributed by atoms with van der Waals surface area (Å²) in [4.78, 5) is 36.5. The number of carbonyl (C=O) groups is 3. The van der Waals surface area contributed by atoms with E-state index in [0.29, 0.717) is 28.6 Å². The number of carboxylic acid groups (broad SMARTS) is 1. The molecule has 1 aliphatic rings. The van der Waals surface area contributed by atoms with E-state index >= 15 is 0 Å². The molecule has 0 unspecified atom stereocenters. The SMILES string of the molecule is CCCCOC(=O)c1ccc(-c2ccc(C=C3SC(=S)N(CC(=O)O)C3=O)o2)cc1. The summed E-state index contributed by atoms with van der Waals surface area (Å²) in [5, 5.41) is 8.89. The molecule has 0 radical (unpaired) electrons. The van der Waals surface area contributed by atoms with Crippen molar-refractivity contribution in [2.75, 3.05) is 13.2 Å². The molecule has 1 N–H and O–H groups in total. The summed E-state index contributed by atoms with van der Waals surface area (Å²) in [6.07, 6.45) is 3.31. The summed E-state index contributed by atoms with van der Waals surface area (Å²) in [7, 11) is 0. The third-order valence-corrected chi connectivity index (χ3v) is 5.58. The minimum atomic E-state index is -1.13. The van der Waals surface area contributed by atoms with Crippen LogP contribution in [-0.2, 0) is 14.3 Å². The van der Waals surface area contributed by atoms with E-state index in [0.717, 1.165) is 35.1 Å². The van der Waals surface area contributed by atoms with Crippen LogP contribution in [0.15, 0.2) is 45.7 Å². The lowest BCUT2D eigenvalue weighted by molar-refractivity contribution is -0.140. The molecule has 1 amide bonds. The number of furan rings is 1. The third kappa shape index (κ3) is 5.17. The quantitative estimate of drug-likeness (QED) is 0.280. The number of aliphatic carboxylic acids is 1. The van der Waals surface area contributed by atoms with E-state index in [1.807, 2.05) is 6.92 Å². The second-order valence-corrected chi connectivity index (χ2v) is 8.11. The molecule has 0 aliphatic carbocycles. The number of hydrogen-bond acceptors (Lipinski definition) is 7. The molecule has 2 heterocycles. The molecule has 156 valence electrons. The van der Waals surface area contributed by atoms with Gasteiger partial charge >= 0.3 is 11.9 Å². The van der Waals surface area contributed by atoms with E-state index in [1.165, 1.54) is 6.08 Å². The molecule has 0 saturated carbocycles. The first-order valence-corrected chi connectivity index (χ1v) is 10.5. The number of ether oxygens (including phenoxy) is 1. The number of carboxylic acids is 1. The summed E-state index contributed by atoms with van der Waals surface area (Å²) in [5.41, 5.74) is 1.22. The number of rotatable bonds is 8. The molecule has 0 bridgehead atoms. The highest BCUT2D eigenvalue weighted by molar-refractivity contribution is 8.26. The molecule has 7 nitrogen and oxygen atoms in total. The summed E-state index contributed by atoms with van der Waals surface area (Å²) < 4.78 is 11.2. The number of unbranched alkanes of at least 4 members (excludes halogenated alkanes) is 1. The van der Waals surface area contributed by atoms with Gasteiger partial charge in [0.2, 0.25) is 0 Å². The summed E-state index contributed by atoms with van der Waals surface area (Å²) >= 11 is 6.10. The van der Waals surface area contributed by atoms with Crippen LogP contribution in [0.25, 0.3) is 17.4 Å². The summed E-state index contributed by atoms with van der Waals surface area (Å²) in [5.74, 6) is -0.961. The van der Waals surface area contributed by atoms with Crippen LogP contribution in [0.4, 0.5) is 0 Å². The van der Waals surface area contributed by atoms with Crippen molar-refractivity contribution >= 4 is 52.2 Å². The topological polar surface area (TPSA) is 97.0 Å². The predicted molar refractivity (Wildman–Crippen MR) is 117 cm³/mol. The summed E-state index contributed by atoms with van der Waals surface area (Å²) in [6.45, 7) is 1.95. The zero-order chi connectivity index (χ0) is 21.7. The fraction of sp³-hybridized carbons (Fsp3) is 0.238. The zero-order valence-corrected chi connectivity index (χ0v) is 17.8. The number of benzene rings is 1. The normalized spacial score (nSPS) is 15.1. The number of nitrogens with zero attached hydrogens (tertiary/aromatic N) is 1. The van der Waals surface area contributed by atoms with E-state index < -0.39 is 18.4 Å². The minimum absolute atomic E-state index is 0.196. The second-order valence-electron chi connectivity index (χ2n) is 6.43. The largest absolute Gasteiger partial charge is 0.480 e. The molecular weight excluding hydrogens is 426 g/mol. The Balaban J connectivity index is 1.70. The Morgan fingerprint density at radius 3 is 2.63 bits per heavy atom. The maximum Gasteiger partial charge on any atom is 0.338 e. The zero-order valence-electron chi connectivity index (χ0n) is 16.1. The van der Waals surface area contributed by atoms with Crippen molar-refractivity contribution in [3.63, 3.8) is 0 Å². The van der Waals surface area contributed by atoms with Crippen molar-refractivity contribution in [1.29, 1.82) is 0 Å². The van der Waals surface area contributed by atoms with Gasteiger partial charge in [-0.3, -0.25) is 14.5 Å². The van der Waals surface area contributed by atoms with Crippen molar-refractivity contribution in [3.8, 4) is 11.3 Å². The van der Waals surface area contributed by atoms with Crippen LogP contribution in [0.2, 0.25) is 0 Å². The number of esters is 1. The standard InChI is InChI=1S/C21H19NO6S2/c1-2-3-10-27-20(26)14-6-4-13(5-7-14)16-9-8-15(28-16)11-17-19(25)22(12-18(23)24)21(29)30-17/h4-9,11H,2-3,10,12H2,1H3,(H,23,24). The van der Waals surface area contributed by atoms with Gasteiger partial charge in [0.25, 0.3) is 5.91 Å². The second kappa shape index (κ2) is 9.73. The Hall–Kier alpha value is -2.91. The van der Waals surface area contributed by atoms with Gasteiger partial charge in [-0.15, -0.1) is 0 Å². The maximum absolute atomic E-state index is 12.3. The van der Waals surface area contributed by atoms with E-state index in [2.05, 4.69) is 0 Å². The van der Waals surface area contributed by atoms with Gasteiger partial charge in [0.15, 0.2) is 0 Å². The van der Waals surface area contributed by atoms with E-state index in [4.69, 9.17) is 26.5 Å². The average molecular weight is 446 g/mol. The smallest absolute Gasteiger partial charge is 0.338 e. The van der Waals surface area contributed by atoms with Crippen LogP contribution in [0.1, 0.15) is 35.9 Å². The van der Waals surface area contributed by atoms with E-state index in [-0.39, 0.29) is 10.3 Å². The lowest BCUT2D eigenvalue weighted by atomic mass is 10.1. The maximum atomic E-state index is 12.3. The first-order chi connectivity index (χ1) is 14.4. The highest BCUT2D eigenvalue weighted by atomic mass is 32.2. The fourth-order valence-corrected chi connectivity index (χ4v) is 3.88. The molecule has 1 aliphatic heterocycles. The van der Waals surface area contributed by atoms with Gasteiger partial charge in [0.1, 0.15) is 22.4 Å². The van der Waals surface area contributed by atoms with Crippen molar-refractivity contribution in [3.05, 3.63) is 52.6 Å². The Labute approximate surface area is 182 Å². The van der Waals surface area contributed by atoms with Crippen LogP contribution >= 0.6 is 24.0 Å². The molecule has 1 aromatic heterocycles. The lowest BCUT2D eigenvalue weighted by Crippen LogP contribution is -2.33. The number of hydrogen-bond donors (Lipinski definition) is 1. The third-order valence-electron chi connectivity index (χ3n) is 4.20.